The van der Waals surface area contributed by atoms with Crippen molar-refractivity contribution in [3.63, 3.8) is 0 Å². The normalized spacial score (nSPS) is 18.4. The van der Waals surface area contributed by atoms with Crippen LogP contribution in [0.5, 0.6) is 17.2 Å². The Labute approximate surface area is 175 Å². The van der Waals surface area contributed by atoms with Gasteiger partial charge in [-0.3, -0.25) is 14.7 Å². The van der Waals surface area contributed by atoms with Crippen LogP contribution >= 0.6 is 27.7 Å². The Hall–Kier alpha value is -2.45. The number of fused-ring (bicyclic) bond motifs is 1. The molecule has 4 rings (SSSR count). The van der Waals surface area contributed by atoms with Crippen LogP contribution < -0.4 is 14.2 Å². The van der Waals surface area contributed by atoms with Crippen molar-refractivity contribution in [1.82, 2.24) is 4.90 Å². The fraction of sp³-hybridized carbons (Fsp3) is 0.200. The largest absolute Gasteiger partial charge is 0.488 e. The van der Waals surface area contributed by atoms with Crippen LogP contribution in [-0.4, -0.2) is 36.9 Å². The number of carbonyl (C=O) groups is 1. The number of hydrogen-bond acceptors (Lipinski definition) is 6. The van der Waals surface area contributed by atoms with Crippen LogP contribution in [0.1, 0.15) is 11.1 Å². The second-order valence-corrected chi connectivity index (χ2v) is 8.06. The topological polar surface area (TPSA) is 60.4 Å². The summed E-state index contributed by atoms with van der Waals surface area (Å²) in [5.41, 5.74) is 1.79. The number of amides is 1. The molecule has 2 aliphatic heterocycles. The van der Waals surface area contributed by atoms with Crippen molar-refractivity contribution in [2.45, 2.75) is 6.61 Å². The monoisotopic (exact) mass is 460 g/mol. The molecule has 0 aromatic heterocycles. The van der Waals surface area contributed by atoms with Crippen molar-refractivity contribution in [1.29, 1.82) is 0 Å². The molecule has 6 nitrogen and oxygen atoms in total. The quantitative estimate of drug-likeness (QED) is 0.636. The van der Waals surface area contributed by atoms with Crippen LogP contribution in [0.3, 0.4) is 0 Å². The maximum Gasteiger partial charge on any atom is 0.266 e. The van der Waals surface area contributed by atoms with E-state index >= 15 is 0 Å². The average molecular weight is 461 g/mol. The summed E-state index contributed by atoms with van der Waals surface area (Å²) >= 11 is 4.84. The van der Waals surface area contributed by atoms with Gasteiger partial charge in [0, 0.05) is 24.1 Å². The van der Waals surface area contributed by atoms with Gasteiger partial charge in [-0.1, -0.05) is 22.0 Å². The van der Waals surface area contributed by atoms with E-state index in [9.17, 15) is 4.79 Å². The number of rotatable bonds is 4. The maximum atomic E-state index is 12.4. The van der Waals surface area contributed by atoms with E-state index < -0.39 is 0 Å². The van der Waals surface area contributed by atoms with Crippen molar-refractivity contribution in [3.8, 4) is 17.2 Å². The van der Waals surface area contributed by atoms with E-state index in [1.165, 1.54) is 11.8 Å². The van der Waals surface area contributed by atoms with E-state index in [-0.39, 0.29) is 12.7 Å². The summed E-state index contributed by atoms with van der Waals surface area (Å²) in [5, 5.41) is 0.675. The highest BCUT2D eigenvalue weighted by atomic mass is 79.9. The molecular formula is C20H17BrN2O4S. The Morgan fingerprint density at radius 3 is 2.86 bits per heavy atom. The smallest absolute Gasteiger partial charge is 0.266 e. The maximum absolute atomic E-state index is 12.4. The molecule has 0 aliphatic carbocycles. The zero-order valence-corrected chi connectivity index (χ0v) is 17.7. The lowest BCUT2D eigenvalue weighted by atomic mass is 10.1. The van der Waals surface area contributed by atoms with Crippen LogP contribution in [-0.2, 0) is 11.4 Å². The standard InChI is InChI=1S/C20H17BrN2O4S/c1-22-20-23(2)19(24)18(28-20)9-13-8-14(21)4-6-15(13)25-10-12-3-5-16-17(7-12)27-11-26-16/h3-9H,10-11H2,1-2H3/b18-9-,22-20?. The number of likely N-dealkylation sites (N-methyl/N-ethyl adjacent to an activating group) is 1. The highest BCUT2D eigenvalue weighted by Gasteiger charge is 2.30. The summed E-state index contributed by atoms with van der Waals surface area (Å²) in [6.07, 6.45) is 1.83. The zero-order chi connectivity index (χ0) is 19.7. The molecular weight excluding hydrogens is 444 g/mol. The molecule has 0 radical (unpaired) electrons. The van der Waals surface area contributed by atoms with E-state index in [1.54, 1.807) is 19.0 Å². The van der Waals surface area contributed by atoms with Gasteiger partial charge in [0.1, 0.15) is 12.4 Å². The van der Waals surface area contributed by atoms with E-state index in [0.717, 1.165) is 27.1 Å². The molecule has 0 unspecified atom stereocenters. The fourth-order valence-corrected chi connectivity index (χ4v) is 4.14. The van der Waals surface area contributed by atoms with Gasteiger partial charge in [0.25, 0.3) is 5.91 Å². The van der Waals surface area contributed by atoms with E-state index in [4.69, 9.17) is 14.2 Å². The van der Waals surface area contributed by atoms with Gasteiger partial charge in [0.05, 0.1) is 4.91 Å². The molecule has 0 atom stereocenters. The Morgan fingerprint density at radius 1 is 1.25 bits per heavy atom. The minimum atomic E-state index is -0.0766. The lowest BCUT2D eigenvalue weighted by Gasteiger charge is -2.11. The van der Waals surface area contributed by atoms with Gasteiger partial charge in [-0.25, -0.2) is 0 Å². The summed E-state index contributed by atoms with van der Waals surface area (Å²) in [6.45, 7) is 0.615. The van der Waals surface area contributed by atoms with E-state index in [2.05, 4.69) is 20.9 Å². The summed E-state index contributed by atoms with van der Waals surface area (Å²) in [4.78, 5) is 18.7. The van der Waals surface area contributed by atoms with Crippen LogP contribution in [0.4, 0.5) is 0 Å². The second-order valence-electron chi connectivity index (χ2n) is 6.14. The third-order valence-corrected chi connectivity index (χ3v) is 5.93. The first kappa shape index (κ1) is 18.9. The number of hydrogen-bond donors (Lipinski definition) is 0. The summed E-state index contributed by atoms with van der Waals surface area (Å²) in [7, 11) is 3.39. The molecule has 144 valence electrons. The number of carbonyl (C=O) groups excluding carboxylic acids is 1. The van der Waals surface area contributed by atoms with E-state index in [0.29, 0.717) is 22.4 Å². The van der Waals surface area contributed by atoms with Crippen molar-refractivity contribution in [2.24, 2.45) is 4.99 Å². The van der Waals surface area contributed by atoms with Crippen molar-refractivity contribution >= 4 is 44.8 Å². The molecule has 0 saturated carbocycles. The fourth-order valence-electron chi connectivity index (χ4n) is 2.85. The average Bonchev–Trinajstić information content (AvgIpc) is 3.26. The van der Waals surface area contributed by atoms with Crippen molar-refractivity contribution in [2.75, 3.05) is 20.9 Å². The van der Waals surface area contributed by atoms with Gasteiger partial charge in [-0.05, 0) is 53.7 Å². The molecule has 8 heteroatoms. The van der Waals surface area contributed by atoms with E-state index in [1.807, 2.05) is 42.5 Å². The second kappa shape index (κ2) is 7.89. The molecule has 2 aromatic rings. The lowest BCUT2D eigenvalue weighted by molar-refractivity contribution is -0.121. The van der Waals surface area contributed by atoms with Crippen molar-refractivity contribution < 1.29 is 19.0 Å². The number of ether oxygens (including phenoxy) is 3. The number of thioether (sulfide) groups is 1. The molecule has 2 aromatic carbocycles. The summed E-state index contributed by atoms with van der Waals surface area (Å²) in [5.74, 6) is 2.08. The van der Waals surface area contributed by atoms with Crippen molar-refractivity contribution in [3.05, 3.63) is 56.9 Å². The Morgan fingerprint density at radius 2 is 2.07 bits per heavy atom. The van der Waals surface area contributed by atoms with Gasteiger partial charge < -0.3 is 14.2 Å². The van der Waals surface area contributed by atoms with Gasteiger partial charge in [-0.2, -0.15) is 0 Å². The Balaban J connectivity index is 1.57. The number of aliphatic imine (C=N–C) groups is 1. The predicted octanol–water partition coefficient (Wildman–Crippen LogP) is 4.29. The SMILES string of the molecule is CN=C1S/C(=C\c2cc(Br)ccc2OCc2ccc3c(c2)OCO3)C(=O)N1C. The van der Waals surface area contributed by atoms with Gasteiger partial charge in [0.2, 0.25) is 6.79 Å². The molecule has 0 N–H and O–H groups in total. The first-order chi connectivity index (χ1) is 13.5. The molecule has 1 amide bonds. The molecule has 1 fully saturated rings. The molecule has 2 heterocycles. The van der Waals surface area contributed by atoms with Gasteiger partial charge in [-0.15, -0.1) is 0 Å². The minimum absolute atomic E-state index is 0.0766. The summed E-state index contributed by atoms with van der Waals surface area (Å²) in [6, 6.07) is 11.4. The lowest BCUT2D eigenvalue weighted by Crippen LogP contribution is -2.23. The highest BCUT2D eigenvalue weighted by Crippen LogP contribution is 2.35. The van der Waals surface area contributed by atoms with Gasteiger partial charge in [0.15, 0.2) is 16.7 Å². The molecule has 2 aliphatic rings. The van der Waals surface area contributed by atoms with Crippen LogP contribution in [0.25, 0.3) is 6.08 Å². The van der Waals surface area contributed by atoms with Crippen LogP contribution in [0.15, 0.2) is 50.8 Å². The van der Waals surface area contributed by atoms with Gasteiger partial charge >= 0.3 is 0 Å². The summed E-state index contributed by atoms with van der Waals surface area (Å²) < 4.78 is 17.7. The number of amidine groups is 1. The molecule has 0 bridgehead atoms. The highest BCUT2D eigenvalue weighted by molar-refractivity contribution is 9.10. The molecule has 28 heavy (non-hydrogen) atoms. The zero-order valence-electron chi connectivity index (χ0n) is 15.3. The third kappa shape index (κ3) is 3.74. The first-order valence-corrected chi connectivity index (χ1v) is 10.1. The number of nitrogens with zero attached hydrogens (tertiary/aromatic N) is 2. The van der Waals surface area contributed by atoms with Crippen LogP contribution in [0.2, 0.25) is 0 Å². The minimum Gasteiger partial charge on any atom is -0.488 e. The number of halogens is 1. The predicted molar refractivity (Wildman–Crippen MR) is 113 cm³/mol. The Kier molecular flexibility index (Phi) is 5.32. The molecule has 1 saturated heterocycles. The Bertz CT molecular complexity index is 1010. The first-order valence-electron chi connectivity index (χ1n) is 8.50. The molecule has 0 spiro atoms. The third-order valence-electron chi connectivity index (χ3n) is 4.28. The number of benzene rings is 2. The van der Waals surface area contributed by atoms with Crippen LogP contribution in [0, 0.1) is 0 Å².